The molecule has 0 unspecified atom stereocenters. The Kier molecular flexibility index (Phi) is 9.10. The second-order valence-corrected chi connectivity index (χ2v) is 6.57. The number of carbonyl (C=O) groups is 2. The second-order valence-electron chi connectivity index (χ2n) is 6.57. The van der Waals surface area contributed by atoms with Gasteiger partial charge in [0, 0.05) is 12.0 Å². The van der Waals surface area contributed by atoms with Crippen molar-refractivity contribution < 1.29 is 24.2 Å². The van der Waals surface area contributed by atoms with Gasteiger partial charge in [0.2, 0.25) is 0 Å². The van der Waals surface area contributed by atoms with Crippen LogP contribution in [0.15, 0.2) is 60.2 Å². The molecule has 3 N–H and O–H groups in total. The van der Waals surface area contributed by atoms with E-state index in [1.807, 2.05) is 30.3 Å². The lowest BCUT2D eigenvalue weighted by Gasteiger charge is -2.17. The maximum atomic E-state index is 12.7. The molecule has 8 heteroatoms. The molecule has 31 heavy (non-hydrogen) atoms. The standard InChI is InChI=1S/C23H27N3O5/c1-4-9-18-12-17(14-20(30-3)21(18)27)15-24-26-22(28)19(25-23(29)31-5-2)13-16-10-7-6-8-11-16/h4,6-8,10-12,14-15,19,27H,1,5,9,13H2,2-3H3,(H,25,29)(H,26,28)/b24-15-/t19-/m1/s1. The van der Waals surface area contributed by atoms with Gasteiger partial charge >= 0.3 is 6.09 Å². The lowest BCUT2D eigenvalue weighted by molar-refractivity contribution is -0.123. The number of methoxy groups -OCH3 is 1. The van der Waals surface area contributed by atoms with Crippen molar-refractivity contribution in [2.45, 2.75) is 25.8 Å². The number of ether oxygens (including phenoxy) is 2. The number of aromatic hydroxyl groups is 1. The molecule has 1 atom stereocenters. The highest BCUT2D eigenvalue weighted by Crippen LogP contribution is 2.31. The number of phenolic OH excluding ortho intramolecular Hbond substituents is 1. The molecule has 0 heterocycles. The second kappa shape index (κ2) is 12.0. The molecule has 8 nitrogen and oxygen atoms in total. The number of nitrogens with one attached hydrogen (secondary N) is 2. The number of hydrogen-bond acceptors (Lipinski definition) is 6. The van der Waals surface area contributed by atoms with Crippen LogP contribution in [0.5, 0.6) is 11.5 Å². The minimum atomic E-state index is -0.871. The number of allylic oxidation sites excluding steroid dienone is 1. The summed E-state index contributed by atoms with van der Waals surface area (Å²) in [5.41, 5.74) is 4.55. The number of carbonyl (C=O) groups excluding carboxylic acids is 2. The van der Waals surface area contributed by atoms with Crippen molar-refractivity contribution in [2.24, 2.45) is 5.10 Å². The first kappa shape index (κ1) is 23.5. The number of alkyl carbamates (subject to hydrolysis) is 1. The highest BCUT2D eigenvalue weighted by atomic mass is 16.5. The molecule has 2 rings (SSSR count). The summed E-state index contributed by atoms with van der Waals surface area (Å²) in [6.45, 7) is 5.55. The predicted octanol–water partition coefficient (Wildman–Crippen LogP) is 2.94. The maximum Gasteiger partial charge on any atom is 0.407 e. The Labute approximate surface area is 181 Å². The van der Waals surface area contributed by atoms with E-state index in [9.17, 15) is 14.7 Å². The summed E-state index contributed by atoms with van der Waals surface area (Å²) in [4.78, 5) is 24.5. The van der Waals surface area contributed by atoms with Crippen molar-refractivity contribution in [1.82, 2.24) is 10.7 Å². The molecule has 0 aromatic heterocycles. The first-order valence-corrected chi connectivity index (χ1v) is 9.79. The molecule has 0 fully saturated rings. The van der Waals surface area contributed by atoms with Gasteiger partial charge in [-0.1, -0.05) is 36.4 Å². The van der Waals surface area contributed by atoms with Crippen molar-refractivity contribution in [3.05, 3.63) is 71.8 Å². The van der Waals surface area contributed by atoms with E-state index in [4.69, 9.17) is 9.47 Å². The lowest BCUT2D eigenvalue weighted by Crippen LogP contribution is -2.47. The Morgan fingerprint density at radius 3 is 2.65 bits per heavy atom. The monoisotopic (exact) mass is 425 g/mol. The lowest BCUT2D eigenvalue weighted by atomic mass is 10.1. The molecular weight excluding hydrogens is 398 g/mol. The van der Waals surface area contributed by atoms with Crippen LogP contribution in [0.25, 0.3) is 0 Å². The molecule has 0 bridgehead atoms. The molecule has 0 radical (unpaired) electrons. The fourth-order valence-corrected chi connectivity index (χ4v) is 2.85. The van der Waals surface area contributed by atoms with Gasteiger partial charge in [0.15, 0.2) is 11.5 Å². The molecule has 2 aromatic carbocycles. The number of phenols is 1. The van der Waals surface area contributed by atoms with E-state index in [1.165, 1.54) is 13.3 Å². The molecule has 0 spiro atoms. The van der Waals surface area contributed by atoms with E-state index in [0.29, 0.717) is 17.5 Å². The molecule has 164 valence electrons. The van der Waals surface area contributed by atoms with Crippen LogP contribution in [-0.4, -0.2) is 43.1 Å². The van der Waals surface area contributed by atoms with Crippen molar-refractivity contribution in [3.63, 3.8) is 0 Å². The Bertz CT molecular complexity index is 928. The van der Waals surface area contributed by atoms with Gasteiger partial charge in [-0.3, -0.25) is 4.79 Å². The van der Waals surface area contributed by atoms with Gasteiger partial charge in [0.1, 0.15) is 6.04 Å². The van der Waals surface area contributed by atoms with E-state index < -0.39 is 18.0 Å². The van der Waals surface area contributed by atoms with E-state index in [0.717, 1.165) is 5.56 Å². The number of hydrazone groups is 1. The van der Waals surface area contributed by atoms with Crippen LogP contribution in [0, 0.1) is 0 Å². The Morgan fingerprint density at radius 2 is 2.00 bits per heavy atom. The predicted molar refractivity (Wildman–Crippen MR) is 118 cm³/mol. The number of nitrogens with zero attached hydrogens (tertiary/aromatic N) is 1. The molecule has 0 aliphatic carbocycles. The molecule has 0 aliphatic heterocycles. The SMILES string of the molecule is C=CCc1cc(/C=N\NC(=O)[C@@H](Cc2ccccc2)NC(=O)OCC)cc(OC)c1O. The molecule has 2 aromatic rings. The molecule has 0 saturated carbocycles. The summed E-state index contributed by atoms with van der Waals surface area (Å²) in [6, 6.07) is 11.7. The van der Waals surface area contributed by atoms with Crippen molar-refractivity contribution in [3.8, 4) is 11.5 Å². The summed E-state index contributed by atoms with van der Waals surface area (Å²) in [7, 11) is 1.45. The third-order valence-electron chi connectivity index (χ3n) is 4.32. The summed E-state index contributed by atoms with van der Waals surface area (Å²) < 4.78 is 10.1. The van der Waals surface area contributed by atoms with Crippen molar-refractivity contribution in [1.29, 1.82) is 0 Å². The van der Waals surface area contributed by atoms with E-state index in [2.05, 4.69) is 22.4 Å². The normalized spacial score (nSPS) is 11.5. The fourth-order valence-electron chi connectivity index (χ4n) is 2.85. The van der Waals surface area contributed by atoms with Gasteiger partial charge in [-0.25, -0.2) is 10.2 Å². The first-order chi connectivity index (χ1) is 15.0. The van der Waals surface area contributed by atoms with Crippen LogP contribution in [0.4, 0.5) is 4.79 Å². The Balaban J connectivity index is 2.13. The Morgan fingerprint density at radius 1 is 1.26 bits per heavy atom. The van der Waals surface area contributed by atoms with Gasteiger partial charge < -0.3 is 19.9 Å². The highest BCUT2D eigenvalue weighted by molar-refractivity contribution is 5.88. The highest BCUT2D eigenvalue weighted by Gasteiger charge is 2.21. The molecular formula is C23H27N3O5. The van der Waals surface area contributed by atoms with Gasteiger partial charge in [-0.15, -0.1) is 6.58 Å². The van der Waals surface area contributed by atoms with Gasteiger partial charge in [0.05, 0.1) is 19.9 Å². The third kappa shape index (κ3) is 7.18. The number of rotatable bonds is 10. The minimum absolute atomic E-state index is 0.0325. The average Bonchev–Trinajstić information content (AvgIpc) is 2.76. The summed E-state index contributed by atoms with van der Waals surface area (Å²) in [6.07, 6.45) is 3.12. The van der Waals surface area contributed by atoms with Gasteiger partial charge in [-0.2, -0.15) is 5.10 Å². The van der Waals surface area contributed by atoms with Gasteiger partial charge in [0.25, 0.3) is 5.91 Å². The molecule has 2 amide bonds. The maximum absolute atomic E-state index is 12.7. The van der Waals surface area contributed by atoms with Crippen LogP contribution in [-0.2, 0) is 22.4 Å². The Hall–Kier alpha value is -3.81. The van der Waals surface area contributed by atoms with Gasteiger partial charge in [-0.05, 0) is 36.6 Å². The third-order valence-corrected chi connectivity index (χ3v) is 4.32. The first-order valence-electron chi connectivity index (χ1n) is 9.79. The van der Waals surface area contributed by atoms with Crippen LogP contribution in [0.2, 0.25) is 0 Å². The van der Waals surface area contributed by atoms with E-state index in [1.54, 1.807) is 25.1 Å². The van der Waals surface area contributed by atoms with E-state index in [-0.39, 0.29) is 24.5 Å². The van der Waals surface area contributed by atoms with Crippen LogP contribution in [0.3, 0.4) is 0 Å². The number of benzene rings is 2. The average molecular weight is 425 g/mol. The van der Waals surface area contributed by atoms with Crippen molar-refractivity contribution >= 4 is 18.2 Å². The van der Waals surface area contributed by atoms with Crippen molar-refractivity contribution in [2.75, 3.05) is 13.7 Å². The summed E-state index contributed by atoms with van der Waals surface area (Å²) in [5.74, 6) is -0.173. The quantitative estimate of drug-likeness (QED) is 0.308. The zero-order valence-corrected chi connectivity index (χ0v) is 17.6. The number of hydrogen-bond donors (Lipinski definition) is 3. The minimum Gasteiger partial charge on any atom is -0.504 e. The van der Waals surface area contributed by atoms with Crippen LogP contribution >= 0.6 is 0 Å². The zero-order chi connectivity index (χ0) is 22.6. The fraction of sp³-hybridized carbons (Fsp3) is 0.261. The van der Waals surface area contributed by atoms with Crippen LogP contribution in [0.1, 0.15) is 23.6 Å². The molecule has 0 aliphatic rings. The van der Waals surface area contributed by atoms with Crippen LogP contribution < -0.4 is 15.5 Å². The topological polar surface area (TPSA) is 109 Å². The summed E-state index contributed by atoms with van der Waals surface area (Å²) >= 11 is 0. The summed E-state index contributed by atoms with van der Waals surface area (Å²) in [5, 5.41) is 16.7. The number of amides is 2. The largest absolute Gasteiger partial charge is 0.504 e. The van der Waals surface area contributed by atoms with E-state index >= 15 is 0 Å². The molecule has 0 saturated heterocycles. The zero-order valence-electron chi connectivity index (χ0n) is 17.6. The smallest absolute Gasteiger partial charge is 0.407 e.